The monoisotopic (exact) mass is 332 g/mol. The summed E-state index contributed by atoms with van der Waals surface area (Å²) in [7, 11) is 0. The van der Waals surface area contributed by atoms with Crippen LogP contribution < -0.4 is 10.6 Å². The minimum atomic E-state index is -0.544. The van der Waals surface area contributed by atoms with Crippen molar-refractivity contribution in [2.24, 2.45) is 0 Å². The van der Waals surface area contributed by atoms with Gasteiger partial charge in [-0.3, -0.25) is 10.1 Å². The first-order valence-electron chi connectivity index (χ1n) is 6.33. The molecule has 7 heteroatoms. The second kappa shape index (κ2) is 7.13. The minimum Gasteiger partial charge on any atom is -0.333 e. The van der Waals surface area contributed by atoms with E-state index in [2.05, 4.69) is 10.6 Å². The van der Waals surface area contributed by atoms with Crippen LogP contribution in [-0.2, 0) is 4.79 Å². The van der Waals surface area contributed by atoms with E-state index in [9.17, 15) is 14.0 Å². The summed E-state index contributed by atoms with van der Waals surface area (Å²) in [5.41, 5.74) is -0.425. The maximum Gasteiger partial charge on any atom is 0.321 e. The Bertz CT molecular complexity index is 546. The Kier molecular flexibility index (Phi) is 6.04. The average Bonchev–Trinajstić information content (AvgIpc) is 2.31. The van der Waals surface area contributed by atoms with E-state index >= 15 is 0 Å². The molecule has 0 aliphatic carbocycles. The molecular formula is C14H18ClFN2O2S. The van der Waals surface area contributed by atoms with Gasteiger partial charge >= 0.3 is 6.03 Å². The van der Waals surface area contributed by atoms with E-state index in [0.29, 0.717) is 4.90 Å². The van der Waals surface area contributed by atoms with Crippen molar-refractivity contribution in [1.29, 1.82) is 0 Å². The predicted molar refractivity (Wildman–Crippen MR) is 83.2 cm³/mol. The lowest BCUT2D eigenvalue weighted by Gasteiger charge is -2.21. The first kappa shape index (κ1) is 17.8. The number of hydrogen-bond acceptors (Lipinski definition) is 3. The highest BCUT2D eigenvalue weighted by atomic mass is 35.5. The molecule has 4 nitrogen and oxygen atoms in total. The standard InChI is InChI=1S/C14H18ClFN2O2S/c1-8(12(19)17-13(20)18-14(2,3)4)21-9-5-6-11(16)10(15)7-9/h5-8H,1-4H3,(H2,17,18,19,20)/t8-/m1/s1. The van der Waals surface area contributed by atoms with Gasteiger partial charge in [0.1, 0.15) is 5.82 Å². The summed E-state index contributed by atoms with van der Waals surface area (Å²) in [6.45, 7) is 7.10. The molecule has 0 aliphatic heterocycles. The van der Waals surface area contributed by atoms with Gasteiger partial charge in [-0.05, 0) is 45.9 Å². The minimum absolute atomic E-state index is 0.00177. The molecular weight excluding hydrogens is 315 g/mol. The Morgan fingerprint density at radius 1 is 1.33 bits per heavy atom. The quantitative estimate of drug-likeness (QED) is 0.832. The van der Waals surface area contributed by atoms with Crippen molar-refractivity contribution in [3.63, 3.8) is 0 Å². The fraction of sp³-hybridized carbons (Fsp3) is 0.429. The molecule has 3 amide bonds. The molecule has 1 atom stereocenters. The molecule has 0 radical (unpaired) electrons. The van der Waals surface area contributed by atoms with Gasteiger partial charge in [0.15, 0.2) is 0 Å². The van der Waals surface area contributed by atoms with Gasteiger partial charge in [0.25, 0.3) is 0 Å². The molecule has 0 aromatic heterocycles. The van der Waals surface area contributed by atoms with Crippen molar-refractivity contribution < 1.29 is 14.0 Å². The molecule has 0 saturated carbocycles. The zero-order chi connectivity index (χ0) is 16.2. The van der Waals surface area contributed by atoms with E-state index in [1.165, 1.54) is 30.0 Å². The summed E-state index contributed by atoms with van der Waals surface area (Å²) >= 11 is 6.87. The smallest absolute Gasteiger partial charge is 0.321 e. The van der Waals surface area contributed by atoms with E-state index in [1.807, 2.05) is 20.8 Å². The van der Waals surface area contributed by atoms with Gasteiger partial charge < -0.3 is 5.32 Å². The fourth-order valence-corrected chi connectivity index (χ4v) is 2.55. The Labute approximate surface area is 132 Å². The number of imide groups is 1. The lowest BCUT2D eigenvalue weighted by atomic mass is 10.1. The van der Waals surface area contributed by atoms with E-state index in [-0.39, 0.29) is 5.02 Å². The van der Waals surface area contributed by atoms with E-state index in [0.717, 1.165) is 0 Å². The summed E-state index contributed by atoms with van der Waals surface area (Å²) in [6.07, 6.45) is 0. The van der Waals surface area contributed by atoms with Gasteiger partial charge in [0.2, 0.25) is 5.91 Å². The number of nitrogens with one attached hydrogen (secondary N) is 2. The van der Waals surface area contributed by atoms with Crippen molar-refractivity contribution in [1.82, 2.24) is 10.6 Å². The number of rotatable bonds is 3. The maximum absolute atomic E-state index is 13.1. The van der Waals surface area contributed by atoms with Crippen LogP contribution in [0.5, 0.6) is 0 Å². The van der Waals surface area contributed by atoms with Crippen LogP contribution in [-0.4, -0.2) is 22.7 Å². The molecule has 0 spiro atoms. The SMILES string of the molecule is C[C@@H](Sc1ccc(F)c(Cl)c1)C(=O)NC(=O)NC(C)(C)C. The van der Waals surface area contributed by atoms with Gasteiger partial charge in [-0.1, -0.05) is 11.6 Å². The summed E-state index contributed by atoms with van der Waals surface area (Å²) in [4.78, 5) is 24.2. The summed E-state index contributed by atoms with van der Waals surface area (Å²) in [6, 6.07) is 3.67. The van der Waals surface area contributed by atoms with Crippen molar-refractivity contribution in [3.05, 3.63) is 29.0 Å². The molecule has 0 unspecified atom stereocenters. The topological polar surface area (TPSA) is 58.2 Å². The maximum atomic E-state index is 13.1. The zero-order valence-electron chi connectivity index (χ0n) is 12.3. The molecule has 1 aromatic rings. The predicted octanol–water partition coefficient (Wildman–Crippen LogP) is 3.58. The lowest BCUT2D eigenvalue weighted by Crippen LogP contribution is -2.49. The van der Waals surface area contributed by atoms with Crippen LogP contribution in [0.2, 0.25) is 5.02 Å². The van der Waals surface area contributed by atoms with Gasteiger partial charge in [0, 0.05) is 10.4 Å². The fourth-order valence-electron chi connectivity index (χ4n) is 1.39. The average molecular weight is 333 g/mol. The molecule has 0 fully saturated rings. The molecule has 1 aromatic carbocycles. The molecule has 0 heterocycles. The molecule has 2 N–H and O–H groups in total. The van der Waals surface area contributed by atoms with Gasteiger partial charge in [-0.15, -0.1) is 11.8 Å². The van der Waals surface area contributed by atoms with Crippen LogP contribution in [0.1, 0.15) is 27.7 Å². The third-order valence-corrected chi connectivity index (χ3v) is 3.68. The third kappa shape index (κ3) is 6.35. The molecule has 0 aliphatic rings. The number of thioether (sulfide) groups is 1. The van der Waals surface area contributed by atoms with E-state index < -0.39 is 28.5 Å². The second-order valence-corrected chi connectivity index (χ2v) is 7.35. The number of benzene rings is 1. The number of hydrogen-bond donors (Lipinski definition) is 2. The van der Waals surface area contributed by atoms with E-state index in [4.69, 9.17) is 11.6 Å². The highest BCUT2D eigenvalue weighted by molar-refractivity contribution is 8.00. The summed E-state index contributed by atoms with van der Waals surface area (Å²) in [5.74, 6) is -0.940. The Balaban J connectivity index is 2.58. The van der Waals surface area contributed by atoms with Crippen molar-refractivity contribution in [2.45, 2.75) is 43.4 Å². The first-order valence-corrected chi connectivity index (χ1v) is 7.59. The highest BCUT2D eigenvalue weighted by Crippen LogP contribution is 2.27. The number of carbonyl (C=O) groups is 2. The lowest BCUT2D eigenvalue weighted by molar-refractivity contribution is -0.119. The van der Waals surface area contributed by atoms with Crippen LogP contribution >= 0.6 is 23.4 Å². The largest absolute Gasteiger partial charge is 0.333 e. The number of amides is 3. The molecule has 0 saturated heterocycles. The van der Waals surface area contributed by atoms with E-state index in [1.54, 1.807) is 6.92 Å². The molecule has 21 heavy (non-hydrogen) atoms. The highest BCUT2D eigenvalue weighted by Gasteiger charge is 2.20. The van der Waals surface area contributed by atoms with Crippen LogP contribution in [0.4, 0.5) is 9.18 Å². The van der Waals surface area contributed by atoms with Crippen molar-refractivity contribution in [2.75, 3.05) is 0 Å². The van der Waals surface area contributed by atoms with Crippen molar-refractivity contribution in [3.8, 4) is 0 Å². The number of halogens is 2. The Morgan fingerprint density at radius 2 is 1.95 bits per heavy atom. The van der Waals surface area contributed by atoms with Crippen LogP contribution in [0.25, 0.3) is 0 Å². The zero-order valence-corrected chi connectivity index (χ0v) is 13.9. The Morgan fingerprint density at radius 3 is 2.48 bits per heavy atom. The number of urea groups is 1. The van der Waals surface area contributed by atoms with Gasteiger partial charge in [-0.25, -0.2) is 9.18 Å². The summed E-state index contributed by atoms with van der Waals surface area (Å²) in [5, 5.41) is 4.38. The first-order chi connectivity index (χ1) is 9.58. The third-order valence-electron chi connectivity index (χ3n) is 2.30. The van der Waals surface area contributed by atoms with Crippen LogP contribution in [0, 0.1) is 5.82 Å². The number of carbonyl (C=O) groups excluding carboxylic acids is 2. The molecule has 116 valence electrons. The van der Waals surface area contributed by atoms with Gasteiger partial charge in [-0.2, -0.15) is 0 Å². The van der Waals surface area contributed by atoms with Crippen LogP contribution in [0.3, 0.4) is 0 Å². The van der Waals surface area contributed by atoms with Gasteiger partial charge in [0.05, 0.1) is 10.3 Å². The normalized spacial score (nSPS) is 12.7. The Hall–Kier alpha value is -1.27. The summed E-state index contributed by atoms with van der Waals surface area (Å²) < 4.78 is 13.1. The molecule has 0 bridgehead atoms. The van der Waals surface area contributed by atoms with Crippen LogP contribution in [0.15, 0.2) is 23.1 Å². The second-order valence-electron chi connectivity index (χ2n) is 5.53. The molecule has 1 rings (SSSR count). The van der Waals surface area contributed by atoms with Crippen molar-refractivity contribution >= 4 is 35.3 Å².